The third-order valence-electron chi connectivity index (χ3n) is 2.08. The standard InChI is InChI=1S/C12H19N/c1-10-6-7-12(4,5)13-9-11(2,3)8-10/h6-9H,1-5H3. The lowest BCUT2D eigenvalue weighted by molar-refractivity contribution is 0.620. The van der Waals surface area contributed by atoms with Crippen molar-refractivity contribution in [2.24, 2.45) is 10.4 Å². The van der Waals surface area contributed by atoms with E-state index in [0.717, 1.165) is 0 Å². The first-order valence-electron chi connectivity index (χ1n) is 4.76. The van der Waals surface area contributed by atoms with E-state index in [1.54, 1.807) is 0 Å². The number of aliphatic imine (C=N–C) groups is 1. The molecule has 0 amide bonds. The van der Waals surface area contributed by atoms with E-state index in [1.165, 1.54) is 5.57 Å². The third-order valence-corrected chi connectivity index (χ3v) is 2.08. The second kappa shape index (κ2) is 3.13. The van der Waals surface area contributed by atoms with Gasteiger partial charge in [-0.3, -0.25) is 4.99 Å². The zero-order valence-electron chi connectivity index (χ0n) is 9.26. The van der Waals surface area contributed by atoms with Gasteiger partial charge in [-0.2, -0.15) is 0 Å². The molecule has 0 aliphatic carbocycles. The smallest absolute Gasteiger partial charge is 0.0731 e. The maximum Gasteiger partial charge on any atom is 0.0731 e. The normalized spacial score (nSPS) is 24.8. The van der Waals surface area contributed by atoms with Gasteiger partial charge in [0.2, 0.25) is 0 Å². The highest BCUT2D eigenvalue weighted by Gasteiger charge is 2.17. The van der Waals surface area contributed by atoms with Crippen LogP contribution in [0.15, 0.2) is 28.8 Å². The van der Waals surface area contributed by atoms with Crippen molar-refractivity contribution in [1.82, 2.24) is 0 Å². The van der Waals surface area contributed by atoms with Gasteiger partial charge in [0.05, 0.1) is 5.54 Å². The van der Waals surface area contributed by atoms with Gasteiger partial charge in [0.1, 0.15) is 0 Å². The number of hydrogen-bond donors (Lipinski definition) is 0. The minimum atomic E-state index is -0.0627. The maximum absolute atomic E-state index is 4.55. The third kappa shape index (κ3) is 3.17. The molecule has 0 radical (unpaired) electrons. The molecule has 0 fully saturated rings. The largest absolute Gasteiger partial charge is 0.286 e. The Kier molecular flexibility index (Phi) is 2.47. The number of nitrogens with zero attached hydrogens (tertiary/aromatic N) is 1. The first-order valence-corrected chi connectivity index (χ1v) is 4.76. The Labute approximate surface area is 81.3 Å². The summed E-state index contributed by atoms with van der Waals surface area (Å²) in [5, 5.41) is 0. The van der Waals surface area contributed by atoms with Gasteiger partial charge < -0.3 is 0 Å². The molecule has 72 valence electrons. The van der Waals surface area contributed by atoms with E-state index in [4.69, 9.17) is 0 Å². The van der Waals surface area contributed by atoms with Gasteiger partial charge in [0.15, 0.2) is 0 Å². The molecule has 0 saturated carbocycles. The van der Waals surface area contributed by atoms with Crippen molar-refractivity contribution in [2.75, 3.05) is 0 Å². The Morgan fingerprint density at radius 2 is 1.77 bits per heavy atom. The van der Waals surface area contributed by atoms with Crippen LogP contribution in [-0.2, 0) is 0 Å². The molecule has 1 aliphatic heterocycles. The van der Waals surface area contributed by atoms with Crippen molar-refractivity contribution in [1.29, 1.82) is 0 Å². The van der Waals surface area contributed by atoms with E-state index in [0.29, 0.717) is 0 Å². The lowest BCUT2D eigenvalue weighted by Gasteiger charge is -2.22. The van der Waals surface area contributed by atoms with Gasteiger partial charge in [0, 0.05) is 11.6 Å². The summed E-state index contributed by atoms with van der Waals surface area (Å²) in [6.07, 6.45) is 8.57. The van der Waals surface area contributed by atoms with Gasteiger partial charge in [-0.25, -0.2) is 0 Å². The average molecular weight is 177 g/mol. The Hall–Kier alpha value is -0.850. The predicted octanol–water partition coefficient (Wildman–Crippen LogP) is 3.38. The van der Waals surface area contributed by atoms with E-state index in [1.807, 2.05) is 6.21 Å². The molecule has 0 saturated heterocycles. The summed E-state index contributed by atoms with van der Waals surface area (Å²) >= 11 is 0. The van der Waals surface area contributed by atoms with Crippen molar-refractivity contribution in [3.05, 3.63) is 23.8 Å². The molecule has 0 spiro atoms. The predicted molar refractivity (Wildman–Crippen MR) is 59.2 cm³/mol. The van der Waals surface area contributed by atoms with E-state index < -0.39 is 0 Å². The summed E-state index contributed by atoms with van der Waals surface area (Å²) in [5.74, 6) is 0. The summed E-state index contributed by atoms with van der Waals surface area (Å²) in [6, 6.07) is 0. The van der Waals surface area contributed by atoms with Crippen molar-refractivity contribution in [3.8, 4) is 0 Å². The Balaban J connectivity index is 3.10. The zero-order chi connectivity index (χ0) is 10.1. The molecule has 0 unspecified atom stereocenters. The molecule has 13 heavy (non-hydrogen) atoms. The molecule has 0 aromatic carbocycles. The molecule has 1 heteroatoms. The first kappa shape index (κ1) is 10.2. The maximum atomic E-state index is 4.55. The molecule has 0 atom stereocenters. The van der Waals surface area contributed by atoms with Crippen LogP contribution in [0.4, 0.5) is 0 Å². The number of rotatable bonds is 0. The molecule has 1 rings (SSSR count). The van der Waals surface area contributed by atoms with E-state index in [-0.39, 0.29) is 11.0 Å². The number of hydrogen-bond acceptors (Lipinski definition) is 1. The molecule has 1 nitrogen and oxygen atoms in total. The van der Waals surface area contributed by atoms with Crippen molar-refractivity contribution in [2.45, 2.75) is 40.2 Å². The SMILES string of the molecule is CC1=CC(C)(C)C=NC(C)(C)C=C1. The molecular weight excluding hydrogens is 158 g/mol. The monoisotopic (exact) mass is 177 g/mol. The van der Waals surface area contributed by atoms with Crippen LogP contribution < -0.4 is 0 Å². The Morgan fingerprint density at radius 3 is 2.38 bits per heavy atom. The molecule has 0 bridgehead atoms. The van der Waals surface area contributed by atoms with Crippen LogP contribution >= 0.6 is 0 Å². The molecule has 0 aromatic heterocycles. The highest BCUT2D eigenvalue weighted by atomic mass is 14.8. The topological polar surface area (TPSA) is 12.4 Å². The number of allylic oxidation sites excluding steroid dienone is 3. The Bertz CT molecular complexity index is 277. The minimum absolute atomic E-state index is 0.0627. The summed E-state index contributed by atoms with van der Waals surface area (Å²) in [5.41, 5.74) is 1.32. The minimum Gasteiger partial charge on any atom is -0.286 e. The molecule has 1 heterocycles. The van der Waals surface area contributed by atoms with Gasteiger partial charge in [-0.1, -0.05) is 37.6 Å². The van der Waals surface area contributed by atoms with Crippen LogP contribution in [0, 0.1) is 5.41 Å². The highest BCUT2D eigenvalue weighted by Crippen LogP contribution is 2.23. The first-order chi connectivity index (χ1) is 5.81. The molecule has 1 aliphatic rings. The van der Waals surface area contributed by atoms with Gasteiger partial charge in [-0.05, 0) is 20.8 Å². The van der Waals surface area contributed by atoms with Crippen LogP contribution in [-0.4, -0.2) is 11.8 Å². The quantitative estimate of drug-likeness (QED) is 0.538. The fraction of sp³-hybridized carbons (Fsp3) is 0.583. The van der Waals surface area contributed by atoms with Gasteiger partial charge >= 0.3 is 0 Å². The van der Waals surface area contributed by atoms with Gasteiger partial charge in [-0.15, -0.1) is 0 Å². The van der Waals surface area contributed by atoms with Crippen LogP contribution in [0.3, 0.4) is 0 Å². The van der Waals surface area contributed by atoms with Crippen LogP contribution in [0.5, 0.6) is 0 Å². The van der Waals surface area contributed by atoms with E-state index in [9.17, 15) is 0 Å². The lowest BCUT2D eigenvalue weighted by Crippen LogP contribution is -2.19. The Morgan fingerprint density at radius 1 is 1.15 bits per heavy atom. The second-order valence-electron chi connectivity index (χ2n) is 4.95. The summed E-state index contributed by atoms with van der Waals surface area (Å²) < 4.78 is 0. The van der Waals surface area contributed by atoms with Crippen LogP contribution in [0.1, 0.15) is 34.6 Å². The zero-order valence-corrected chi connectivity index (χ0v) is 9.26. The second-order valence-corrected chi connectivity index (χ2v) is 4.95. The summed E-state index contributed by atoms with van der Waals surface area (Å²) in [7, 11) is 0. The highest BCUT2D eigenvalue weighted by molar-refractivity contribution is 5.69. The fourth-order valence-corrected chi connectivity index (χ4v) is 1.38. The van der Waals surface area contributed by atoms with E-state index in [2.05, 4.69) is 57.8 Å². The van der Waals surface area contributed by atoms with Crippen LogP contribution in [0.25, 0.3) is 0 Å². The molecule has 0 N–H and O–H groups in total. The van der Waals surface area contributed by atoms with Crippen molar-refractivity contribution >= 4 is 6.21 Å². The average Bonchev–Trinajstić information content (AvgIpc) is 1.96. The summed E-state index contributed by atoms with van der Waals surface area (Å²) in [6.45, 7) is 10.7. The van der Waals surface area contributed by atoms with E-state index >= 15 is 0 Å². The van der Waals surface area contributed by atoms with Gasteiger partial charge in [0.25, 0.3) is 0 Å². The lowest BCUT2D eigenvalue weighted by atomic mass is 9.90. The van der Waals surface area contributed by atoms with Crippen molar-refractivity contribution in [3.63, 3.8) is 0 Å². The summed E-state index contributed by atoms with van der Waals surface area (Å²) in [4.78, 5) is 4.55. The molecule has 0 aromatic rings. The van der Waals surface area contributed by atoms with Crippen molar-refractivity contribution < 1.29 is 0 Å². The molecular formula is C12H19N. The van der Waals surface area contributed by atoms with Crippen LogP contribution in [0.2, 0.25) is 0 Å². The fourth-order valence-electron chi connectivity index (χ4n) is 1.38.